The number of hydrogen-bond donors (Lipinski definition) is 3. The summed E-state index contributed by atoms with van der Waals surface area (Å²) < 4.78 is 4.95. The summed E-state index contributed by atoms with van der Waals surface area (Å²) in [4.78, 5) is 17.6. The summed E-state index contributed by atoms with van der Waals surface area (Å²) >= 11 is 0. The number of phenols is 1. The quantitative estimate of drug-likeness (QED) is 0.580. The summed E-state index contributed by atoms with van der Waals surface area (Å²) in [6, 6.07) is 3.28. The van der Waals surface area contributed by atoms with Gasteiger partial charge in [0.25, 0.3) is 5.91 Å². The number of aryl methyl sites for hydroxylation is 1. The molecule has 1 aromatic carbocycles. The molecule has 22 heavy (non-hydrogen) atoms. The summed E-state index contributed by atoms with van der Waals surface area (Å²) in [5, 5.41) is 17.9. The largest absolute Gasteiger partial charge is 0.505 e. The highest BCUT2D eigenvalue weighted by Gasteiger charge is 2.20. The number of nitrogens with zero attached hydrogens (tertiary/aromatic N) is 2. The van der Waals surface area contributed by atoms with Crippen molar-refractivity contribution in [2.24, 2.45) is 10.7 Å². The molecule has 1 rings (SSSR count). The fraction of sp³-hybridized carbons (Fsp3) is 0.400. The number of rotatable bonds is 4. The lowest BCUT2D eigenvalue weighted by atomic mass is 10.0. The minimum Gasteiger partial charge on any atom is -0.505 e. The van der Waals surface area contributed by atoms with Gasteiger partial charge in [-0.15, -0.1) is 0 Å². The second kappa shape index (κ2) is 7.44. The Kier molecular flexibility index (Phi) is 5.91. The van der Waals surface area contributed by atoms with E-state index >= 15 is 0 Å². The average molecular weight is 306 g/mol. The lowest BCUT2D eigenvalue weighted by molar-refractivity contribution is 0.0823. The molecule has 4 N–H and O–H groups in total. The van der Waals surface area contributed by atoms with Crippen LogP contribution in [0.25, 0.3) is 0 Å². The van der Waals surface area contributed by atoms with Gasteiger partial charge in [0.1, 0.15) is 5.69 Å². The zero-order chi connectivity index (χ0) is 16.9. The van der Waals surface area contributed by atoms with Crippen LogP contribution in [0, 0.1) is 5.41 Å². The SMILES string of the molecule is CCOC(=N)C(N)=Nc1ccc(CC)c(C(=O)N(C)C)c1O. The van der Waals surface area contributed by atoms with Gasteiger partial charge in [0, 0.05) is 14.1 Å². The van der Waals surface area contributed by atoms with E-state index in [1.165, 1.54) is 4.90 Å². The molecule has 0 aliphatic rings. The molecule has 0 atom stereocenters. The van der Waals surface area contributed by atoms with Crippen LogP contribution in [-0.4, -0.2) is 48.3 Å². The standard InChI is InChI=1S/C15H22N4O3/c1-5-9-7-8-10(18-13(16)14(17)22-6-2)12(20)11(9)15(21)19(3)4/h7-8,17,20H,5-6H2,1-4H3,(H2,16,18). The molecule has 1 aromatic rings. The van der Waals surface area contributed by atoms with Crippen molar-refractivity contribution in [2.75, 3.05) is 20.7 Å². The van der Waals surface area contributed by atoms with Crippen molar-refractivity contribution >= 4 is 23.3 Å². The number of carbonyl (C=O) groups excluding carboxylic acids is 1. The Morgan fingerprint density at radius 1 is 1.41 bits per heavy atom. The number of aliphatic imine (C=N–C) groups is 1. The van der Waals surface area contributed by atoms with Crippen LogP contribution in [0.4, 0.5) is 5.69 Å². The second-order valence-electron chi connectivity index (χ2n) is 4.78. The van der Waals surface area contributed by atoms with Gasteiger partial charge in [0.15, 0.2) is 11.6 Å². The zero-order valence-corrected chi connectivity index (χ0v) is 13.3. The molecule has 0 fully saturated rings. The van der Waals surface area contributed by atoms with Crippen LogP contribution in [0.3, 0.4) is 0 Å². The number of ether oxygens (including phenoxy) is 1. The molecular formula is C15H22N4O3. The molecule has 0 aliphatic carbocycles. The maximum atomic E-state index is 12.2. The highest BCUT2D eigenvalue weighted by atomic mass is 16.5. The van der Waals surface area contributed by atoms with Gasteiger partial charge < -0.3 is 20.5 Å². The normalized spacial score (nSPS) is 11.2. The van der Waals surface area contributed by atoms with Crippen molar-refractivity contribution < 1.29 is 14.6 Å². The first-order valence-corrected chi connectivity index (χ1v) is 6.95. The fourth-order valence-electron chi connectivity index (χ4n) is 1.87. The summed E-state index contributed by atoms with van der Waals surface area (Å²) in [7, 11) is 3.21. The van der Waals surface area contributed by atoms with E-state index in [9.17, 15) is 9.90 Å². The van der Waals surface area contributed by atoms with Crippen LogP contribution in [0.15, 0.2) is 17.1 Å². The third-order valence-electron chi connectivity index (χ3n) is 3.01. The minimum absolute atomic E-state index is 0.129. The van der Waals surface area contributed by atoms with Crippen LogP contribution in [0.2, 0.25) is 0 Å². The topological polar surface area (TPSA) is 112 Å². The molecular weight excluding hydrogens is 284 g/mol. The van der Waals surface area contributed by atoms with Crippen molar-refractivity contribution in [1.82, 2.24) is 4.90 Å². The van der Waals surface area contributed by atoms with Crippen LogP contribution < -0.4 is 5.73 Å². The third kappa shape index (κ3) is 3.75. The number of benzene rings is 1. The van der Waals surface area contributed by atoms with E-state index in [2.05, 4.69) is 4.99 Å². The third-order valence-corrected chi connectivity index (χ3v) is 3.01. The Hall–Kier alpha value is -2.57. The Morgan fingerprint density at radius 3 is 2.55 bits per heavy atom. The highest BCUT2D eigenvalue weighted by Crippen LogP contribution is 2.33. The van der Waals surface area contributed by atoms with Gasteiger partial charge in [0.05, 0.1) is 12.2 Å². The van der Waals surface area contributed by atoms with Crippen molar-refractivity contribution in [2.45, 2.75) is 20.3 Å². The Bertz CT molecular complexity index is 609. The Balaban J connectivity index is 3.35. The molecule has 0 spiro atoms. The van der Waals surface area contributed by atoms with Crippen LogP contribution in [0.1, 0.15) is 29.8 Å². The lowest BCUT2D eigenvalue weighted by Gasteiger charge is -2.16. The van der Waals surface area contributed by atoms with Gasteiger partial charge in [-0.1, -0.05) is 13.0 Å². The van der Waals surface area contributed by atoms with E-state index in [4.69, 9.17) is 15.9 Å². The molecule has 7 nitrogen and oxygen atoms in total. The molecule has 1 amide bonds. The molecule has 0 saturated heterocycles. The van der Waals surface area contributed by atoms with Crippen LogP contribution in [0.5, 0.6) is 5.75 Å². The minimum atomic E-state index is -0.315. The number of nitrogens with one attached hydrogen (secondary N) is 1. The maximum absolute atomic E-state index is 12.2. The van der Waals surface area contributed by atoms with E-state index in [1.807, 2.05) is 6.92 Å². The molecule has 0 saturated carbocycles. The van der Waals surface area contributed by atoms with Crippen molar-refractivity contribution in [3.8, 4) is 5.75 Å². The fourth-order valence-corrected chi connectivity index (χ4v) is 1.87. The van der Waals surface area contributed by atoms with Gasteiger partial charge in [-0.3, -0.25) is 10.2 Å². The van der Waals surface area contributed by atoms with Gasteiger partial charge in [0.2, 0.25) is 5.90 Å². The predicted octanol–water partition coefficient (Wildman–Crippen LogP) is 1.66. The molecule has 0 heterocycles. The molecule has 120 valence electrons. The Labute approximate surface area is 129 Å². The first kappa shape index (κ1) is 17.5. The van der Waals surface area contributed by atoms with Crippen molar-refractivity contribution in [3.63, 3.8) is 0 Å². The first-order valence-electron chi connectivity index (χ1n) is 6.95. The smallest absolute Gasteiger partial charge is 0.257 e. The summed E-state index contributed by atoms with van der Waals surface area (Å²) in [6.07, 6.45) is 0.594. The zero-order valence-electron chi connectivity index (χ0n) is 13.3. The average Bonchev–Trinajstić information content (AvgIpc) is 2.48. The molecule has 0 aliphatic heterocycles. The van der Waals surface area contributed by atoms with E-state index < -0.39 is 0 Å². The summed E-state index contributed by atoms with van der Waals surface area (Å²) in [6.45, 7) is 3.91. The number of amidine groups is 1. The van der Waals surface area contributed by atoms with E-state index in [0.717, 1.165) is 0 Å². The highest BCUT2D eigenvalue weighted by molar-refractivity contribution is 6.36. The van der Waals surface area contributed by atoms with Crippen molar-refractivity contribution in [1.29, 1.82) is 5.41 Å². The van der Waals surface area contributed by atoms with Gasteiger partial charge in [-0.2, -0.15) is 0 Å². The van der Waals surface area contributed by atoms with Crippen LogP contribution in [-0.2, 0) is 11.2 Å². The van der Waals surface area contributed by atoms with E-state index in [0.29, 0.717) is 18.6 Å². The summed E-state index contributed by atoms with van der Waals surface area (Å²) in [5.41, 5.74) is 6.70. The molecule has 0 bridgehead atoms. The number of nitrogens with two attached hydrogens (primary N) is 1. The van der Waals surface area contributed by atoms with Gasteiger partial charge in [-0.05, 0) is 25.0 Å². The maximum Gasteiger partial charge on any atom is 0.257 e. The number of aromatic hydroxyl groups is 1. The van der Waals surface area contributed by atoms with Crippen molar-refractivity contribution in [3.05, 3.63) is 23.3 Å². The van der Waals surface area contributed by atoms with Gasteiger partial charge >= 0.3 is 0 Å². The second-order valence-corrected chi connectivity index (χ2v) is 4.78. The number of carbonyl (C=O) groups is 1. The van der Waals surface area contributed by atoms with Crippen LogP contribution >= 0.6 is 0 Å². The number of amides is 1. The molecule has 0 radical (unpaired) electrons. The van der Waals surface area contributed by atoms with Gasteiger partial charge in [-0.25, -0.2) is 4.99 Å². The molecule has 0 unspecified atom stereocenters. The number of hydrogen-bond acceptors (Lipinski definition) is 5. The lowest BCUT2D eigenvalue weighted by Crippen LogP contribution is -2.25. The molecule has 7 heteroatoms. The monoisotopic (exact) mass is 306 g/mol. The van der Waals surface area contributed by atoms with E-state index in [-0.39, 0.29) is 34.6 Å². The first-order chi connectivity index (χ1) is 10.3. The van der Waals surface area contributed by atoms with E-state index in [1.54, 1.807) is 33.2 Å². The molecule has 0 aromatic heterocycles. The Morgan fingerprint density at radius 2 is 2.05 bits per heavy atom. The predicted molar refractivity (Wildman–Crippen MR) is 86.1 cm³/mol. The summed E-state index contributed by atoms with van der Waals surface area (Å²) in [5.74, 6) is -0.998. The number of phenolic OH excluding ortho intramolecular Hbond substituents is 1.